The fourth-order valence-corrected chi connectivity index (χ4v) is 5.94. The van der Waals surface area contributed by atoms with Crippen molar-refractivity contribution in [3.8, 4) is 5.69 Å². The molecule has 142 valence electrons. The molecule has 1 aliphatic carbocycles. The summed E-state index contributed by atoms with van der Waals surface area (Å²) in [6.45, 7) is 0. The molecule has 0 atom stereocenters. The molecule has 5 nitrogen and oxygen atoms in total. The van der Waals surface area contributed by atoms with Crippen molar-refractivity contribution in [1.82, 2.24) is 19.3 Å². The highest BCUT2D eigenvalue weighted by molar-refractivity contribution is 7.98. The Hall–Kier alpha value is -2.38. The van der Waals surface area contributed by atoms with Crippen LogP contribution in [0.25, 0.3) is 15.9 Å². The van der Waals surface area contributed by atoms with E-state index in [1.54, 1.807) is 33.9 Å². The van der Waals surface area contributed by atoms with E-state index in [1.165, 1.54) is 28.8 Å². The molecule has 0 N–H and O–H groups in total. The molecule has 7 heteroatoms. The Kier molecular flexibility index (Phi) is 4.56. The number of hydrogen-bond acceptors (Lipinski definition) is 5. The van der Waals surface area contributed by atoms with E-state index < -0.39 is 0 Å². The van der Waals surface area contributed by atoms with Crippen LogP contribution in [0.1, 0.15) is 28.8 Å². The van der Waals surface area contributed by atoms with E-state index in [9.17, 15) is 4.79 Å². The van der Waals surface area contributed by atoms with Crippen LogP contribution in [0.3, 0.4) is 0 Å². The lowest BCUT2D eigenvalue weighted by molar-refractivity contribution is 0.695. The monoisotopic (exact) mass is 408 g/mol. The summed E-state index contributed by atoms with van der Waals surface area (Å²) < 4.78 is 3.56. The van der Waals surface area contributed by atoms with Gasteiger partial charge in [-0.3, -0.25) is 9.36 Å². The van der Waals surface area contributed by atoms with E-state index in [4.69, 9.17) is 4.98 Å². The molecule has 0 amide bonds. The maximum atomic E-state index is 13.0. The molecule has 0 fully saturated rings. The second-order valence-corrected chi connectivity index (χ2v) is 9.08. The first kappa shape index (κ1) is 17.7. The second-order valence-electron chi connectivity index (χ2n) is 7.06. The van der Waals surface area contributed by atoms with Crippen LogP contribution in [-0.4, -0.2) is 19.3 Å². The van der Waals surface area contributed by atoms with E-state index in [-0.39, 0.29) is 5.56 Å². The van der Waals surface area contributed by atoms with Crippen LogP contribution in [-0.2, 0) is 25.6 Å². The summed E-state index contributed by atoms with van der Waals surface area (Å²) in [6, 6.07) is 10.2. The van der Waals surface area contributed by atoms with Gasteiger partial charge < -0.3 is 0 Å². The minimum Gasteiger partial charge on any atom is -0.290 e. The highest BCUT2D eigenvalue weighted by Gasteiger charge is 2.21. The van der Waals surface area contributed by atoms with Gasteiger partial charge >= 0.3 is 0 Å². The molecule has 1 aliphatic rings. The summed E-state index contributed by atoms with van der Waals surface area (Å²) in [5.41, 5.74) is 3.58. The predicted octanol–water partition coefficient (Wildman–Crippen LogP) is 4.35. The van der Waals surface area contributed by atoms with Crippen molar-refractivity contribution >= 4 is 33.3 Å². The van der Waals surface area contributed by atoms with Crippen LogP contribution >= 0.6 is 23.1 Å². The lowest BCUT2D eigenvalue weighted by Crippen LogP contribution is -2.20. The number of nitrogens with zero attached hydrogens (tertiary/aromatic N) is 4. The van der Waals surface area contributed by atoms with Gasteiger partial charge in [-0.1, -0.05) is 23.9 Å². The van der Waals surface area contributed by atoms with Gasteiger partial charge in [0, 0.05) is 30.1 Å². The van der Waals surface area contributed by atoms with E-state index >= 15 is 0 Å². The number of thiophene rings is 1. The van der Waals surface area contributed by atoms with Gasteiger partial charge in [0.15, 0.2) is 5.16 Å². The lowest BCUT2D eigenvalue weighted by atomic mass is 9.97. The van der Waals surface area contributed by atoms with Crippen LogP contribution < -0.4 is 5.56 Å². The molecular formula is C21H20N4OS2. The molecule has 0 bridgehead atoms. The summed E-state index contributed by atoms with van der Waals surface area (Å²) in [5, 5.41) is 5.89. The summed E-state index contributed by atoms with van der Waals surface area (Å²) in [7, 11) is 1.84. The van der Waals surface area contributed by atoms with Crippen molar-refractivity contribution in [2.24, 2.45) is 7.05 Å². The highest BCUT2D eigenvalue weighted by atomic mass is 32.2. The predicted molar refractivity (Wildman–Crippen MR) is 115 cm³/mol. The average Bonchev–Trinajstić information content (AvgIpc) is 3.38. The smallest absolute Gasteiger partial charge is 0.262 e. The Morgan fingerprint density at radius 2 is 2.00 bits per heavy atom. The van der Waals surface area contributed by atoms with Crippen LogP contribution in [0.5, 0.6) is 0 Å². The number of thioether (sulfide) groups is 1. The van der Waals surface area contributed by atoms with Gasteiger partial charge in [-0.05, 0) is 55.0 Å². The maximum Gasteiger partial charge on any atom is 0.262 e. The van der Waals surface area contributed by atoms with E-state index in [2.05, 4.69) is 29.4 Å². The average molecular weight is 409 g/mol. The third-order valence-corrected chi connectivity index (χ3v) is 7.52. The standard InChI is InChI=1S/C21H20N4OS2/c1-24-20(26)18-16-5-2-3-6-17(16)28-19(18)23-21(24)27-13-14-7-9-15(10-8-14)25-12-4-11-22-25/h4,7-12H,2-3,5-6,13H2,1H3. The van der Waals surface area contributed by atoms with Gasteiger partial charge in [0.05, 0.1) is 11.1 Å². The molecule has 5 rings (SSSR count). The van der Waals surface area contributed by atoms with Crippen LogP contribution in [0.4, 0.5) is 0 Å². The first-order valence-corrected chi connectivity index (χ1v) is 11.2. The Morgan fingerprint density at radius 1 is 1.18 bits per heavy atom. The van der Waals surface area contributed by atoms with Crippen molar-refractivity contribution < 1.29 is 0 Å². The van der Waals surface area contributed by atoms with Gasteiger partial charge in [0.2, 0.25) is 0 Å². The number of fused-ring (bicyclic) bond motifs is 3. The molecule has 28 heavy (non-hydrogen) atoms. The molecule has 0 radical (unpaired) electrons. The second kappa shape index (κ2) is 7.22. The Morgan fingerprint density at radius 3 is 2.79 bits per heavy atom. The highest BCUT2D eigenvalue weighted by Crippen LogP contribution is 2.34. The SMILES string of the molecule is Cn1c(SCc2ccc(-n3cccn3)cc2)nc2sc3c(c2c1=O)CCCC3. The third kappa shape index (κ3) is 3.08. The van der Waals surface area contributed by atoms with Crippen molar-refractivity contribution in [2.75, 3.05) is 0 Å². The summed E-state index contributed by atoms with van der Waals surface area (Å²) in [4.78, 5) is 20.1. The number of aromatic nitrogens is 4. The molecule has 0 saturated carbocycles. The van der Waals surface area contributed by atoms with Crippen molar-refractivity contribution in [3.05, 3.63) is 69.1 Å². The van der Waals surface area contributed by atoms with Crippen molar-refractivity contribution in [3.63, 3.8) is 0 Å². The van der Waals surface area contributed by atoms with E-state index in [0.29, 0.717) is 0 Å². The van der Waals surface area contributed by atoms with Gasteiger partial charge in [-0.15, -0.1) is 11.3 Å². The molecule has 0 saturated heterocycles. The molecule has 0 unspecified atom stereocenters. The normalized spacial score (nSPS) is 13.8. The Bertz CT molecular complexity index is 1190. The Balaban J connectivity index is 1.41. The van der Waals surface area contributed by atoms with Gasteiger partial charge in [-0.25, -0.2) is 9.67 Å². The number of benzene rings is 1. The summed E-state index contributed by atoms with van der Waals surface area (Å²) >= 11 is 3.33. The summed E-state index contributed by atoms with van der Waals surface area (Å²) in [5.74, 6) is 0.774. The maximum absolute atomic E-state index is 13.0. The quantitative estimate of drug-likeness (QED) is 0.372. The first-order valence-electron chi connectivity index (χ1n) is 9.44. The number of rotatable bonds is 4. The van der Waals surface area contributed by atoms with Crippen LogP contribution in [0.15, 0.2) is 52.7 Å². The number of aryl methyl sites for hydroxylation is 2. The van der Waals surface area contributed by atoms with Crippen molar-refractivity contribution in [2.45, 2.75) is 36.6 Å². The van der Waals surface area contributed by atoms with Gasteiger partial charge in [0.1, 0.15) is 4.83 Å². The molecule has 0 spiro atoms. The summed E-state index contributed by atoms with van der Waals surface area (Å²) in [6.07, 6.45) is 8.20. The zero-order chi connectivity index (χ0) is 19.1. The zero-order valence-corrected chi connectivity index (χ0v) is 17.2. The van der Waals surface area contributed by atoms with Crippen molar-refractivity contribution in [1.29, 1.82) is 0 Å². The lowest BCUT2D eigenvalue weighted by Gasteiger charge is -2.11. The fourth-order valence-electron chi connectivity index (χ4n) is 3.71. The molecule has 0 aliphatic heterocycles. The molecule has 3 heterocycles. The van der Waals surface area contributed by atoms with Crippen LogP contribution in [0.2, 0.25) is 0 Å². The zero-order valence-electron chi connectivity index (χ0n) is 15.6. The first-order chi connectivity index (χ1) is 13.7. The van der Waals surface area contributed by atoms with E-state index in [0.717, 1.165) is 39.7 Å². The molecular weight excluding hydrogens is 388 g/mol. The molecule has 4 aromatic rings. The molecule has 1 aromatic carbocycles. The third-order valence-electron chi connectivity index (χ3n) is 5.23. The van der Waals surface area contributed by atoms with E-state index in [1.807, 2.05) is 24.0 Å². The van der Waals surface area contributed by atoms with Gasteiger partial charge in [0.25, 0.3) is 5.56 Å². The van der Waals surface area contributed by atoms with Gasteiger partial charge in [-0.2, -0.15) is 5.10 Å². The molecule has 3 aromatic heterocycles. The fraction of sp³-hybridized carbons (Fsp3) is 0.286. The Labute approximate surface area is 171 Å². The minimum absolute atomic E-state index is 0.0981. The topological polar surface area (TPSA) is 52.7 Å². The number of hydrogen-bond donors (Lipinski definition) is 0. The minimum atomic E-state index is 0.0981. The van der Waals surface area contributed by atoms with Crippen LogP contribution in [0, 0.1) is 0 Å². The largest absolute Gasteiger partial charge is 0.290 e.